The van der Waals surface area contributed by atoms with E-state index in [2.05, 4.69) is 29.4 Å². The molecule has 6 heteroatoms. The first-order chi connectivity index (χ1) is 9.71. The minimum Gasteiger partial charge on any atom is -0.492 e. The number of aromatic nitrogens is 4. The van der Waals surface area contributed by atoms with Crippen molar-refractivity contribution in [3.8, 4) is 17.1 Å². The average Bonchev–Trinajstić information content (AvgIpc) is 2.92. The first-order valence-electron chi connectivity index (χ1n) is 7.01. The van der Waals surface area contributed by atoms with Crippen LogP contribution in [0.2, 0.25) is 0 Å². The molecule has 1 aromatic carbocycles. The molecule has 6 nitrogen and oxygen atoms in total. The molecule has 2 aromatic rings. The molecular formula is C14H21N5O. The van der Waals surface area contributed by atoms with Crippen LogP contribution in [0.3, 0.4) is 0 Å². The van der Waals surface area contributed by atoms with E-state index in [1.165, 1.54) is 0 Å². The molecule has 20 heavy (non-hydrogen) atoms. The van der Waals surface area contributed by atoms with Gasteiger partial charge in [-0.15, -0.1) is 5.10 Å². The molecular weight excluding hydrogens is 254 g/mol. The molecule has 0 saturated carbocycles. The zero-order chi connectivity index (χ0) is 14.5. The summed E-state index contributed by atoms with van der Waals surface area (Å²) in [7, 11) is 0. The van der Waals surface area contributed by atoms with E-state index in [0.29, 0.717) is 24.1 Å². The van der Waals surface area contributed by atoms with Gasteiger partial charge in [-0.2, -0.15) is 0 Å². The van der Waals surface area contributed by atoms with Crippen LogP contribution in [0, 0.1) is 0 Å². The van der Waals surface area contributed by atoms with E-state index in [1.54, 1.807) is 0 Å². The van der Waals surface area contributed by atoms with E-state index >= 15 is 0 Å². The highest BCUT2D eigenvalue weighted by Gasteiger charge is 2.16. The summed E-state index contributed by atoms with van der Waals surface area (Å²) in [5.74, 6) is 1.44. The molecule has 2 rings (SSSR count). The van der Waals surface area contributed by atoms with Crippen molar-refractivity contribution in [2.24, 2.45) is 0 Å². The summed E-state index contributed by atoms with van der Waals surface area (Å²) in [6.45, 7) is 6.79. The molecule has 0 atom stereocenters. The highest BCUT2D eigenvalue weighted by atomic mass is 16.5. The summed E-state index contributed by atoms with van der Waals surface area (Å²) in [6, 6.07) is 5.95. The van der Waals surface area contributed by atoms with E-state index in [9.17, 15) is 0 Å². The van der Waals surface area contributed by atoms with E-state index < -0.39 is 0 Å². The number of benzene rings is 1. The first kappa shape index (κ1) is 14.3. The number of ether oxygens (including phenoxy) is 1. The van der Waals surface area contributed by atoms with Crippen molar-refractivity contribution in [1.82, 2.24) is 20.2 Å². The Labute approximate surface area is 118 Å². The lowest BCUT2D eigenvalue weighted by Gasteiger charge is -2.14. The molecule has 0 spiro atoms. The molecule has 108 valence electrons. The third-order valence-electron chi connectivity index (χ3n) is 3.35. The fourth-order valence-electron chi connectivity index (χ4n) is 2.24. The summed E-state index contributed by atoms with van der Waals surface area (Å²) >= 11 is 0. The fraction of sp³-hybridized carbons (Fsp3) is 0.500. The van der Waals surface area contributed by atoms with Crippen molar-refractivity contribution in [2.75, 3.05) is 12.3 Å². The number of hydrogen-bond donors (Lipinski definition) is 1. The Morgan fingerprint density at radius 2 is 2.00 bits per heavy atom. The van der Waals surface area contributed by atoms with Gasteiger partial charge in [-0.3, -0.25) is 0 Å². The van der Waals surface area contributed by atoms with Crippen LogP contribution in [-0.2, 0) is 0 Å². The van der Waals surface area contributed by atoms with Gasteiger partial charge in [0.25, 0.3) is 0 Å². The van der Waals surface area contributed by atoms with Crippen molar-refractivity contribution in [1.29, 1.82) is 0 Å². The standard InChI is InChI=1S/C14H21N5O/c1-4-11(5-2)19-14(16-17-18-19)10-7-8-13(20-6-3)12(15)9-10/h7-9,11H,4-6,15H2,1-3H3. The second-order valence-corrected chi connectivity index (χ2v) is 4.60. The number of rotatable bonds is 6. The Hall–Kier alpha value is -2.11. The largest absolute Gasteiger partial charge is 0.492 e. The summed E-state index contributed by atoms with van der Waals surface area (Å²) in [5, 5.41) is 12.0. The Kier molecular flexibility index (Phi) is 4.55. The summed E-state index contributed by atoms with van der Waals surface area (Å²) in [5.41, 5.74) is 7.51. The molecule has 0 radical (unpaired) electrons. The quantitative estimate of drug-likeness (QED) is 0.820. The Morgan fingerprint density at radius 1 is 1.25 bits per heavy atom. The van der Waals surface area contributed by atoms with Crippen LogP contribution < -0.4 is 10.5 Å². The normalized spacial score (nSPS) is 11.0. The molecule has 0 amide bonds. The molecule has 0 fully saturated rings. The van der Waals surface area contributed by atoms with E-state index in [-0.39, 0.29) is 0 Å². The first-order valence-corrected chi connectivity index (χ1v) is 7.01. The van der Waals surface area contributed by atoms with Crippen LogP contribution >= 0.6 is 0 Å². The van der Waals surface area contributed by atoms with Gasteiger partial charge in [0.05, 0.1) is 18.3 Å². The lowest BCUT2D eigenvalue weighted by atomic mass is 10.1. The van der Waals surface area contributed by atoms with E-state index in [1.807, 2.05) is 29.8 Å². The van der Waals surface area contributed by atoms with Crippen LogP contribution in [0.15, 0.2) is 18.2 Å². The smallest absolute Gasteiger partial charge is 0.182 e. The summed E-state index contributed by atoms with van der Waals surface area (Å²) in [4.78, 5) is 0. The van der Waals surface area contributed by atoms with E-state index in [0.717, 1.165) is 24.2 Å². The number of hydrogen-bond acceptors (Lipinski definition) is 5. The third-order valence-corrected chi connectivity index (χ3v) is 3.35. The third kappa shape index (κ3) is 2.74. The lowest BCUT2D eigenvalue weighted by Crippen LogP contribution is -2.10. The van der Waals surface area contributed by atoms with Gasteiger partial charge in [-0.05, 0) is 48.4 Å². The monoisotopic (exact) mass is 275 g/mol. The van der Waals surface area contributed by atoms with Gasteiger partial charge in [-0.25, -0.2) is 4.68 Å². The Morgan fingerprint density at radius 3 is 2.60 bits per heavy atom. The number of nitrogens with zero attached hydrogens (tertiary/aromatic N) is 4. The van der Waals surface area contributed by atoms with Gasteiger partial charge >= 0.3 is 0 Å². The number of anilines is 1. The second-order valence-electron chi connectivity index (χ2n) is 4.60. The van der Waals surface area contributed by atoms with Gasteiger partial charge in [0.1, 0.15) is 5.75 Å². The van der Waals surface area contributed by atoms with Gasteiger partial charge in [0.15, 0.2) is 5.82 Å². The molecule has 0 saturated heterocycles. The van der Waals surface area contributed by atoms with Crippen molar-refractivity contribution in [3.63, 3.8) is 0 Å². The fourth-order valence-corrected chi connectivity index (χ4v) is 2.24. The maximum Gasteiger partial charge on any atom is 0.182 e. The maximum absolute atomic E-state index is 6.00. The number of tetrazole rings is 1. The molecule has 0 aliphatic carbocycles. The van der Waals surface area contributed by atoms with Crippen LogP contribution in [0.4, 0.5) is 5.69 Å². The van der Waals surface area contributed by atoms with Crippen molar-refractivity contribution in [3.05, 3.63) is 18.2 Å². The van der Waals surface area contributed by atoms with Crippen LogP contribution in [-0.4, -0.2) is 26.8 Å². The minimum atomic E-state index is 0.299. The van der Waals surface area contributed by atoms with Gasteiger partial charge in [0, 0.05) is 5.56 Å². The predicted octanol–water partition coefficient (Wildman–Crippen LogP) is 2.68. The molecule has 0 unspecified atom stereocenters. The Balaban J connectivity index is 2.37. The minimum absolute atomic E-state index is 0.299. The molecule has 1 aromatic heterocycles. The Bertz CT molecular complexity index is 562. The second kappa shape index (κ2) is 6.36. The van der Waals surface area contributed by atoms with Crippen LogP contribution in [0.25, 0.3) is 11.4 Å². The highest BCUT2D eigenvalue weighted by molar-refractivity contribution is 5.66. The van der Waals surface area contributed by atoms with Crippen molar-refractivity contribution >= 4 is 5.69 Å². The predicted molar refractivity (Wildman–Crippen MR) is 78.5 cm³/mol. The SMILES string of the molecule is CCOc1ccc(-c2nnnn2C(CC)CC)cc1N. The van der Waals surface area contributed by atoms with E-state index in [4.69, 9.17) is 10.5 Å². The zero-order valence-corrected chi connectivity index (χ0v) is 12.2. The van der Waals surface area contributed by atoms with Gasteiger partial charge in [-0.1, -0.05) is 13.8 Å². The molecule has 0 bridgehead atoms. The zero-order valence-electron chi connectivity index (χ0n) is 12.2. The van der Waals surface area contributed by atoms with Crippen molar-refractivity contribution < 1.29 is 4.74 Å². The lowest BCUT2D eigenvalue weighted by molar-refractivity contribution is 0.342. The number of nitrogen functional groups attached to an aromatic ring is 1. The van der Waals surface area contributed by atoms with Crippen LogP contribution in [0.1, 0.15) is 39.7 Å². The average molecular weight is 275 g/mol. The highest BCUT2D eigenvalue weighted by Crippen LogP contribution is 2.29. The topological polar surface area (TPSA) is 78.9 Å². The molecule has 1 heterocycles. The molecule has 0 aliphatic rings. The number of nitrogens with two attached hydrogens (primary N) is 1. The van der Waals surface area contributed by atoms with Gasteiger partial charge in [0.2, 0.25) is 0 Å². The maximum atomic E-state index is 6.00. The van der Waals surface area contributed by atoms with Crippen molar-refractivity contribution in [2.45, 2.75) is 39.7 Å². The van der Waals surface area contributed by atoms with Gasteiger partial charge < -0.3 is 10.5 Å². The molecule has 2 N–H and O–H groups in total. The summed E-state index contributed by atoms with van der Waals surface area (Å²) in [6.07, 6.45) is 1.97. The summed E-state index contributed by atoms with van der Waals surface area (Å²) < 4.78 is 7.32. The van der Waals surface area contributed by atoms with Crippen LogP contribution in [0.5, 0.6) is 5.75 Å². The molecule has 0 aliphatic heterocycles.